The fraction of sp³-hybridized carbons (Fsp3) is 0.222. The van der Waals surface area contributed by atoms with Crippen LogP contribution in [0.15, 0.2) is 45.8 Å². The molecule has 10 heteroatoms. The highest BCUT2D eigenvalue weighted by Crippen LogP contribution is 2.33. The van der Waals surface area contributed by atoms with E-state index in [1.165, 1.54) is 37.4 Å². The Hall–Kier alpha value is -2.10. The number of nitrogens with zero attached hydrogens (tertiary/aromatic N) is 1. The van der Waals surface area contributed by atoms with E-state index in [4.69, 9.17) is 11.6 Å². The average Bonchev–Trinajstić information content (AvgIpc) is 3.06. The minimum atomic E-state index is -4.09. The lowest BCUT2D eigenvalue weighted by atomic mass is 10.2. The SMILES string of the molecule is COC(=O)c1cc(Br)ccc1S(=O)(=O)Nc1ccc(N2CCCC2=O)c(Cl)c1. The molecule has 0 spiro atoms. The van der Waals surface area contributed by atoms with Crippen molar-refractivity contribution in [2.45, 2.75) is 17.7 Å². The summed E-state index contributed by atoms with van der Waals surface area (Å²) < 4.78 is 33.2. The summed E-state index contributed by atoms with van der Waals surface area (Å²) in [5.74, 6) is -0.796. The van der Waals surface area contributed by atoms with Gasteiger partial charge >= 0.3 is 5.97 Å². The van der Waals surface area contributed by atoms with Gasteiger partial charge in [-0.15, -0.1) is 0 Å². The lowest BCUT2D eigenvalue weighted by Crippen LogP contribution is -2.24. The zero-order chi connectivity index (χ0) is 20.5. The Balaban J connectivity index is 1.92. The van der Waals surface area contributed by atoms with Gasteiger partial charge in [-0.2, -0.15) is 0 Å². The van der Waals surface area contributed by atoms with Crippen LogP contribution in [-0.4, -0.2) is 33.9 Å². The minimum absolute atomic E-state index is 0.0205. The lowest BCUT2D eigenvalue weighted by Gasteiger charge is -2.18. The molecule has 1 N–H and O–H groups in total. The van der Waals surface area contributed by atoms with Crippen molar-refractivity contribution in [1.29, 1.82) is 0 Å². The highest BCUT2D eigenvalue weighted by Gasteiger charge is 2.26. The topological polar surface area (TPSA) is 92.8 Å². The van der Waals surface area contributed by atoms with Gasteiger partial charge in [0.25, 0.3) is 10.0 Å². The van der Waals surface area contributed by atoms with Crippen LogP contribution >= 0.6 is 27.5 Å². The second kappa shape index (κ2) is 8.10. The van der Waals surface area contributed by atoms with Crippen LogP contribution in [0.1, 0.15) is 23.2 Å². The second-order valence-corrected chi connectivity index (χ2v) is 9.03. The van der Waals surface area contributed by atoms with Gasteiger partial charge in [-0.1, -0.05) is 27.5 Å². The molecule has 0 radical (unpaired) electrons. The molecule has 0 bridgehead atoms. The molecule has 0 aromatic heterocycles. The summed E-state index contributed by atoms with van der Waals surface area (Å²) in [6, 6.07) is 8.72. The molecule has 1 heterocycles. The third-order valence-electron chi connectivity index (χ3n) is 4.20. The maximum absolute atomic E-state index is 12.8. The number of hydrogen-bond donors (Lipinski definition) is 1. The van der Waals surface area contributed by atoms with Gasteiger partial charge in [0.2, 0.25) is 5.91 Å². The van der Waals surface area contributed by atoms with E-state index >= 15 is 0 Å². The summed E-state index contributed by atoms with van der Waals surface area (Å²) in [4.78, 5) is 25.2. The van der Waals surface area contributed by atoms with Gasteiger partial charge in [0.05, 0.1) is 29.1 Å². The Morgan fingerprint density at radius 2 is 2.00 bits per heavy atom. The standard InChI is InChI=1S/C18H16BrClN2O5S/c1-27-18(24)13-9-11(19)4-7-16(13)28(25,26)21-12-5-6-15(14(20)10-12)22-8-2-3-17(22)23/h4-7,9-10,21H,2-3,8H2,1H3. The van der Waals surface area contributed by atoms with E-state index in [9.17, 15) is 18.0 Å². The van der Waals surface area contributed by atoms with Crippen molar-refractivity contribution in [2.24, 2.45) is 0 Å². The van der Waals surface area contributed by atoms with Crippen molar-refractivity contribution in [3.8, 4) is 0 Å². The van der Waals surface area contributed by atoms with Crippen LogP contribution < -0.4 is 9.62 Å². The van der Waals surface area contributed by atoms with Crippen LogP contribution in [0.25, 0.3) is 0 Å². The number of nitrogens with one attached hydrogen (secondary N) is 1. The van der Waals surface area contributed by atoms with E-state index < -0.39 is 16.0 Å². The molecule has 0 aliphatic carbocycles. The van der Waals surface area contributed by atoms with Crippen molar-refractivity contribution >= 4 is 60.8 Å². The maximum Gasteiger partial charge on any atom is 0.339 e. The Labute approximate surface area is 175 Å². The van der Waals surface area contributed by atoms with Crippen molar-refractivity contribution in [1.82, 2.24) is 0 Å². The molecular weight excluding hydrogens is 472 g/mol. The Bertz CT molecular complexity index is 1060. The number of anilines is 2. The number of esters is 1. The van der Waals surface area contributed by atoms with Crippen LogP contribution in [0.5, 0.6) is 0 Å². The Kier molecular flexibility index (Phi) is 5.97. The fourth-order valence-electron chi connectivity index (χ4n) is 2.91. The summed E-state index contributed by atoms with van der Waals surface area (Å²) in [6.07, 6.45) is 1.22. The Morgan fingerprint density at radius 3 is 2.61 bits per heavy atom. The number of carbonyl (C=O) groups excluding carboxylic acids is 2. The van der Waals surface area contributed by atoms with Gasteiger partial charge in [0.1, 0.15) is 4.90 Å². The molecule has 1 aliphatic rings. The van der Waals surface area contributed by atoms with Gasteiger partial charge in [-0.05, 0) is 42.8 Å². The number of methoxy groups -OCH3 is 1. The van der Waals surface area contributed by atoms with E-state index in [1.54, 1.807) is 11.0 Å². The van der Waals surface area contributed by atoms with Gasteiger partial charge < -0.3 is 9.64 Å². The molecule has 2 aromatic carbocycles. The van der Waals surface area contributed by atoms with E-state index in [-0.39, 0.29) is 27.1 Å². The summed E-state index contributed by atoms with van der Waals surface area (Å²) in [5.41, 5.74) is 0.639. The van der Waals surface area contributed by atoms with Gasteiger partial charge in [-0.3, -0.25) is 9.52 Å². The van der Waals surface area contributed by atoms with E-state index in [0.29, 0.717) is 23.1 Å². The zero-order valence-corrected chi connectivity index (χ0v) is 17.9. The molecular formula is C18H16BrClN2O5S. The monoisotopic (exact) mass is 486 g/mol. The highest BCUT2D eigenvalue weighted by atomic mass is 79.9. The molecule has 1 saturated heterocycles. The molecule has 3 rings (SSSR count). The highest BCUT2D eigenvalue weighted by molar-refractivity contribution is 9.10. The van der Waals surface area contributed by atoms with E-state index in [2.05, 4.69) is 25.4 Å². The largest absolute Gasteiger partial charge is 0.465 e. The Morgan fingerprint density at radius 1 is 1.25 bits per heavy atom. The first-order valence-corrected chi connectivity index (χ1v) is 10.9. The molecule has 148 valence electrons. The van der Waals surface area contributed by atoms with Crippen LogP contribution in [-0.2, 0) is 19.6 Å². The van der Waals surface area contributed by atoms with E-state index in [1.807, 2.05) is 0 Å². The summed E-state index contributed by atoms with van der Waals surface area (Å²) in [5, 5.41) is 0.249. The maximum atomic E-state index is 12.8. The number of ether oxygens (including phenoxy) is 1. The van der Waals surface area contributed by atoms with Gasteiger partial charge in [0.15, 0.2) is 0 Å². The van der Waals surface area contributed by atoms with Crippen LogP contribution in [0.4, 0.5) is 11.4 Å². The minimum Gasteiger partial charge on any atom is -0.465 e. The van der Waals surface area contributed by atoms with Gasteiger partial charge in [0, 0.05) is 17.4 Å². The van der Waals surface area contributed by atoms with Crippen molar-refractivity contribution < 1.29 is 22.7 Å². The molecule has 0 atom stereocenters. The van der Waals surface area contributed by atoms with Crippen molar-refractivity contribution in [3.05, 3.63) is 51.5 Å². The summed E-state index contributed by atoms with van der Waals surface area (Å²) in [7, 11) is -2.91. The smallest absolute Gasteiger partial charge is 0.339 e. The molecule has 2 aromatic rings. The number of amides is 1. The summed E-state index contributed by atoms with van der Waals surface area (Å²) in [6.45, 7) is 0.574. The quantitative estimate of drug-likeness (QED) is 0.647. The number of hydrogen-bond acceptors (Lipinski definition) is 5. The van der Waals surface area contributed by atoms with Crippen molar-refractivity contribution in [2.75, 3.05) is 23.3 Å². The predicted molar refractivity (Wildman–Crippen MR) is 109 cm³/mol. The third kappa shape index (κ3) is 4.16. The fourth-order valence-corrected chi connectivity index (χ4v) is 4.78. The third-order valence-corrected chi connectivity index (χ3v) is 6.44. The molecule has 7 nitrogen and oxygen atoms in total. The van der Waals surface area contributed by atoms with Crippen LogP contribution in [0.3, 0.4) is 0 Å². The lowest BCUT2D eigenvalue weighted by molar-refractivity contribution is -0.117. The normalized spacial score (nSPS) is 14.2. The second-order valence-electron chi connectivity index (χ2n) is 6.05. The number of rotatable bonds is 5. The predicted octanol–water partition coefficient (Wildman–Crippen LogP) is 3.82. The van der Waals surface area contributed by atoms with Crippen molar-refractivity contribution in [3.63, 3.8) is 0 Å². The molecule has 1 aliphatic heterocycles. The molecule has 0 saturated carbocycles. The summed E-state index contributed by atoms with van der Waals surface area (Å²) >= 11 is 9.47. The number of carbonyl (C=O) groups is 2. The van der Waals surface area contributed by atoms with Crippen LogP contribution in [0, 0.1) is 0 Å². The first kappa shape index (κ1) is 20.6. The van der Waals surface area contributed by atoms with Gasteiger partial charge in [-0.25, -0.2) is 13.2 Å². The van der Waals surface area contributed by atoms with Crippen LogP contribution in [0.2, 0.25) is 5.02 Å². The first-order valence-electron chi connectivity index (χ1n) is 8.23. The average molecular weight is 488 g/mol. The number of sulfonamides is 1. The first-order chi connectivity index (χ1) is 13.2. The molecule has 0 unspecified atom stereocenters. The molecule has 1 fully saturated rings. The van der Waals surface area contributed by atoms with E-state index in [0.717, 1.165) is 6.42 Å². The number of halogens is 2. The molecule has 28 heavy (non-hydrogen) atoms. The molecule has 1 amide bonds. The zero-order valence-electron chi connectivity index (χ0n) is 14.7. The number of benzene rings is 2.